The first kappa shape index (κ1) is 16.6. The summed E-state index contributed by atoms with van der Waals surface area (Å²) in [6, 6.07) is 7.49. The molecule has 6 heteroatoms. The van der Waals surface area contributed by atoms with Gasteiger partial charge in [-0.15, -0.1) is 0 Å². The number of nitrogens with zero attached hydrogens (tertiary/aromatic N) is 3. The van der Waals surface area contributed by atoms with E-state index in [1.54, 1.807) is 18.5 Å². The zero-order valence-corrected chi connectivity index (χ0v) is 13.5. The first-order valence-electron chi connectivity index (χ1n) is 7.31. The minimum absolute atomic E-state index is 0.116. The molecule has 0 atom stereocenters. The van der Waals surface area contributed by atoms with Gasteiger partial charge < -0.3 is 15.0 Å². The topological polar surface area (TPSA) is 93.0 Å². The van der Waals surface area contributed by atoms with Gasteiger partial charge in [-0.25, -0.2) is 9.78 Å². The molecule has 2 N–H and O–H groups in total. The monoisotopic (exact) mass is 312 g/mol. The van der Waals surface area contributed by atoms with Crippen molar-refractivity contribution in [3.63, 3.8) is 0 Å². The van der Waals surface area contributed by atoms with Crippen LogP contribution < -0.4 is 0 Å². The molecule has 0 bridgehead atoms. The summed E-state index contributed by atoms with van der Waals surface area (Å²) in [5.41, 5.74) is 2.53. The average molecular weight is 312 g/mol. The Morgan fingerprint density at radius 3 is 2.83 bits per heavy atom. The van der Waals surface area contributed by atoms with Crippen molar-refractivity contribution in [1.29, 1.82) is 5.26 Å². The van der Waals surface area contributed by atoms with Crippen LogP contribution in [0.25, 0.3) is 11.3 Å². The van der Waals surface area contributed by atoms with E-state index >= 15 is 0 Å². The van der Waals surface area contributed by atoms with E-state index in [1.165, 1.54) is 4.90 Å². The summed E-state index contributed by atoms with van der Waals surface area (Å²) in [5, 5.41) is 18.5. The Balaban J connectivity index is 2.22. The largest absolute Gasteiger partial charge is 0.465 e. The number of carboxylic acid groups (broad SMARTS) is 1. The molecule has 2 aromatic heterocycles. The van der Waals surface area contributed by atoms with Gasteiger partial charge in [-0.3, -0.25) is 0 Å². The maximum Gasteiger partial charge on any atom is 0.407 e. The summed E-state index contributed by atoms with van der Waals surface area (Å²) in [4.78, 5) is 19.9. The smallest absolute Gasteiger partial charge is 0.407 e. The number of hydrogen-bond acceptors (Lipinski definition) is 3. The zero-order chi connectivity index (χ0) is 17.0. The Morgan fingerprint density at radius 1 is 1.48 bits per heavy atom. The van der Waals surface area contributed by atoms with Crippen molar-refractivity contribution in [3.8, 4) is 17.3 Å². The highest BCUT2D eigenvalue weighted by atomic mass is 16.4. The van der Waals surface area contributed by atoms with Crippen molar-refractivity contribution >= 4 is 6.09 Å². The Morgan fingerprint density at radius 2 is 2.22 bits per heavy atom. The molecular formula is C17H20N4O2. The van der Waals surface area contributed by atoms with Gasteiger partial charge in [-0.1, -0.05) is 20.8 Å². The van der Waals surface area contributed by atoms with Crippen LogP contribution in [0, 0.1) is 16.7 Å². The van der Waals surface area contributed by atoms with Crippen molar-refractivity contribution in [1.82, 2.24) is 14.9 Å². The SMILES string of the molecule is CC(C)(C)CN(Cc1c[nH]c(-c2cccnc2C#N)c1)C(=O)O. The van der Waals surface area contributed by atoms with Crippen LogP contribution in [0.1, 0.15) is 32.0 Å². The second-order valence-corrected chi connectivity index (χ2v) is 6.63. The molecule has 23 heavy (non-hydrogen) atoms. The standard InChI is InChI=1S/C17H20N4O2/c1-17(2,3)11-21(16(22)23)10-12-7-14(20-9-12)13-5-4-6-19-15(13)8-18/h4-7,9,20H,10-11H2,1-3H3,(H,22,23). The van der Waals surface area contributed by atoms with E-state index in [0.717, 1.165) is 11.3 Å². The minimum atomic E-state index is -0.943. The third-order valence-electron chi connectivity index (χ3n) is 3.26. The molecule has 2 rings (SSSR count). The Hall–Kier alpha value is -2.81. The fourth-order valence-electron chi connectivity index (χ4n) is 2.38. The molecule has 2 heterocycles. The quantitative estimate of drug-likeness (QED) is 0.904. The van der Waals surface area contributed by atoms with Gasteiger partial charge in [-0.2, -0.15) is 5.26 Å². The lowest BCUT2D eigenvalue weighted by Gasteiger charge is -2.27. The van der Waals surface area contributed by atoms with Crippen LogP contribution in [0.15, 0.2) is 30.6 Å². The van der Waals surface area contributed by atoms with Crippen LogP contribution >= 0.6 is 0 Å². The number of hydrogen-bond donors (Lipinski definition) is 2. The molecular weight excluding hydrogens is 292 g/mol. The van der Waals surface area contributed by atoms with Crippen molar-refractivity contribution < 1.29 is 9.90 Å². The molecule has 0 fully saturated rings. The summed E-state index contributed by atoms with van der Waals surface area (Å²) >= 11 is 0. The number of aromatic nitrogens is 2. The van der Waals surface area contributed by atoms with Gasteiger partial charge >= 0.3 is 6.09 Å². The molecule has 0 spiro atoms. The van der Waals surface area contributed by atoms with Crippen molar-refractivity contribution in [2.24, 2.45) is 5.41 Å². The highest BCUT2D eigenvalue weighted by Crippen LogP contribution is 2.23. The van der Waals surface area contributed by atoms with Crippen LogP contribution in [0.3, 0.4) is 0 Å². The first-order valence-corrected chi connectivity index (χ1v) is 7.31. The van der Waals surface area contributed by atoms with Crippen LogP contribution in [0.2, 0.25) is 0 Å². The number of carbonyl (C=O) groups is 1. The number of amides is 1. The zero-order valence-electron chi connectivity index (χ0n) is 13.5. The normalized spacial score (nSPS) is 11.0. The summed E-state index contributed by atoms with van der Waals surface area (Å²) in [5.74, 6) is 0. The number of rotatable bonds is 4. The van der Waals surface area contributed by atoms with Gasteiger partial charge in [0.2, 0.25) is 0 Å². The lowest BCUT2D eigenvalue weighted by atomic mass is 9.96. The Kier molecular flexibility index (Phi) is 4.70. The number of H-pyrrole nitrogens is 1. The van der Waals surface area contributed by atoms with E-state index in [1.807, 2.05) is 32.9 Å². The van der Waals surface area contributed by atoms with Gasteiger partial charge in [0.1, 0.15) is 11.8 Å². The summed E-state index contributed by atoms with van der Waals surface area (Å²) < 4.78 is 0. The third-order valence-corrected chi connectivity index (χ3v) is 3.26. The highest BCUT2D eigenvalue weighted by molar-refractivity contribution is 5.67. The van der Waals surface area contributed by atoms with E-state index in [0.29, 0.717) is 24.3 Å². The number of aromatic amines is 1. The maximum atomic E-state index is 11.4. The summed E-state index contributed by atoms with van der Waals surface area (Å²) in [6.45, 7) is 6.74. The van der Waals surface area contributed by atoms with E-state index < -0.39 is 6.09 Å². The molecule has 0 saturated carbocycles. The van der Waals surface area contributed by atoms with E-state index in [2.05, 4.69) is 16.0 Å². The van der Waals surface area contributed by atoms with Gasteiger partial charge in [0.15, 0.2) is 0 Å². The lowest BCUT2D eigenvalue weighted by molar-refractivity contribution is 0.123. The predicted molar refractivity (Wildman–Crippen MR) is 86.6 cm³/mol. The second kappa shape index (κ2) is 6.53. The number of nitriles is 1. The van der Waals surface area contributed by atoms with Crippen molar-refractivity contribution in [2.75, 3.05) is 6.54 Å². The molecule has 0 aliphatic heterocycles. The molecule has 0 radical (unpaired) electrons. The van der Waals surface area contributed by atoms with E-state index in [-0.39, 0.29) is 5.41 Å². The highest BCUT2D eigenvalue weighted by Gasteiger charge is 2.21. The molecule has 2 aromatic rings. The molecule has 1 amide bonds. The van der Waals surface area contributed by atoms with Crippen molar-refractivity contribution in [2.45, 2.75) is 27.3 Å². The molecule has 0 aromatic carbocycles. The van der Waals surface area contributed by atoms with Gasteiger partial charge in [-0.05, 0) is 29.2 Å². The Labute approximate surface area is 135 Å². The molecule has 0 unspecified atom stereocenters. The summed E-state index contributed by atoms with van der Waals surface area (Å²) in [7, 11) is 0. The molecule has 120 valence electrons. The van der Waals surface area contributed by atoms with Crippen LogP contribution in [0.4, 0.5) is 4.79 Å². The fraction of sp³-hybridized carbons (Fsp3) is 0.353. The third kappa shape index (κ3) is 4.33. The van der Waals surface area contributed by atoms with Crippen LogP contribution in [-0.2, 0) is 6.54 Å². The van der Waals surface area contributed by atoms with E-state index in [9.17, 15) is 9.90 Å². The van der Waals surface area contributed by atoms with Crippen LogP contribution in [-0.4, -0.2) is 32.6 Å². The Bertz CT molecular complexity index is 738. The van der Waals surface area contributed by atoms with E-state index in [4.69, 9.17) is 5.26 Å². The second-order valence-electron chi connectivity index (χ2n) is 6.63. The van der Waals surface area contributed by atoms with Gasteiger partial charge in [0.25, 0.3) is 0 Å². The number of nitrogens with one attached hydrogen (secondary N) is 1. The van der Waals surface area contributed by atoms with Crippen LogP contribution in [0.5, 0.6) is 0 Å². The first-order chi connectivity index (χ1) is 10.8. The molecule has 0 saturated heterocycles. The van der Waals surface area contributed by atoms with Crippen molar-refractivity contribution in [3.05, 3.63) is 41.9 Å². The molecule has 0 aliphatic carbocycles. The number of pyridine rings is 1. The predicted octanol–water partition coefficient (Wildman–Crippen LogP) is 3.47. The average Bonchev–Trinajstić information content (AvgIpc) is 2.93. The van der Waals surface area contributed by atoms with Gasteiger partial charge in [0.05, 0.1) is 6.54 Å². The molecule has 0 aliphatic rings. The maximum absolute atomic E-state index is 11.4. The lowest BCUT2D eigenvalue weighted by Crippen LogP contribution is -2.36. The van der Waals surface area contributed by atoms with Gasteiger partial charge in [0, 0.05) is 30.2 Å². The fourth-order valence-corrected chi connectivity index (χ4v) is 2.38. The summed E-state index contributed by atoms with van der Waals surface area (Å²) in [6.07, 6.45) is 2.39. The minimum Gasteiger partial charge on any atom is -0.465 e. The molecule has 6 nitrogen and oxygen atoms in total.